The number of carbonyl (C=O) groups is 3. The maximum absolute atomic E-state index is 12.4. The number of esters is 2. The van der Waals surface area contributed by atoms with Gasteiger partial charge in [0.2, 0.25) is 5.91 Å². The van der Waals surface area contributed by atoms with E-state index in [9.17, 15) is 22.8 Å². The monoisotopic (exact) mass is 333 g/mol. The van der Waals surface area contributed by atoms with Crippen LogP contribution >= 0.6 is 0 Å². The summed E-state index contributed by atoms with van der Waals surface area (Å²) in [6, 6.07) is -1.25. The Bertz CT molecular complexity index is 649. The summed E-state index contributed by atoms with van der Waals surface area (Å²) in [5.74, 6) is -3.51. The Kier molecular flexibility index (Phi) is 3.55. The Morgan fingerprint density at radius 1 is 1.27 bits per heavy atom. The minimum Gasteiger partial charge on any atom is -0.423 e. The van der Waals surface area contributed by atoms with E-state index in [0.717, 1.165) is 11.8 Å². The van der Waals surface area contributed by atoms with Crippen molar-refractivity contribution in [1.82, 2.24) is 4.90 Å². The highest BCUT2D eigenvalue weighted by Gasteiger charge is 2.68. The van der Waals surface area contributed by atoms with Gasteiger partial charge in [-0.15, -0.1) is 0 Å². The molecule has 2 fully saturated rings. The number of amides is 1. The summed E-state index contributed by atoms with van der Waals surface area (Å²) in [7, 11) is -3.67. The predicted molar refractivity (Wildman–Crippen MR) is 74.0 cm³/mol. The fourth-order valence-electron chi connectivity index (χ4n) is 2.87. The molecule has 0 spiro atoms. The van der Waals surface area contributed by atoms with Crippen LogP contribution in [0.3, 0.4) is 0 Å². The summed E-state index contributed by atoms with van der Waals surface area (Å²) in [6.07, 6.45) is -0.122. The zero-order valence-corrected chi connectivity index (χ0v) is 13.9. The summed E-state index contributed by atoms with van der Waals surface area (Å²) >= 11 is 0. The Morgan fingerprint density at radius 2 is 1.82 bits per heavy atom. The maximum atomic E-state index is 12.4. The molecule has 0 aromatic rings. The largest absolute Gasteiger partial charge is 0.423 e. The summed E-state index contributed by atoms with van der Waals surface area (Å²) in [4.78, 5) is 36.2. The second-order valence-corrected chi connectivity index (χ2v) is 9.11. The van der Waals surface area contributed by atoms with Gasteiger partial charge in [0.1, 0.15) is 11.4 Å². The van der Waals surface area contributed by atoms with Crippen molar-refractivity contribution in [1.29, 1.82) is 0 Å². The second kappa shape index (κ2) is 4.68. The van der Waals surface area contributed by atoms with Gasteiger partial charge < -0.3 is 14.4 Å². The van der Waals surface area contributed by atoms with E-state index in [1.165, 1.54) is 27.7 Å². The number of hydrogen-bond donors (Lipinski definition) is 0. The molecule has 2 rings (SSSR count). The number of rotatable bonds is 3. The van der Waals surface area contributed by atoms with Crippen LogP contribution in [0.2, 0.25) is 0 Å². The lowest BCUT2D eigenvalue weighted by Crippen LogP contribution is -2.58. The van der Waals surface area contributed by atoms with E-state index in [1.54, 1.807) is 0 Å². The summed E-state index contributed by atoms with van der Waals surface area (Å²) in [6.45, 7) is 6.66. The van der Waals surface area contributed by atoms with Gasteiger partial charge in [-0.25, -0.2) is 13.2 Å². The molecule has 0 bridgehead atoms. The van der Waals surface area contributed by atoms with E-state index in [4.69, 9.17) is 9.47 Å². The molecule has 2 atom stereocenters. The van der Waals surface area contributed by atoms with Crippen LogP contribution in [-0.4, -0.2) is 53.1 Å². The Morgan fingerprint density at radius 3 is 2.27 bits per heavy atom. The number of fused-ring (bicyclic) bond motifs is 1. The first-order valence-corrected chi connectivity index (χ1v) is 8.33. The van der Waals surface area contributed by atoms with E-state index in [2.05, 4.69) is 0 Å². The summed E-state index contributed by atoms with van der Waals surface area (Å²) in [5, 5.41) is -0.982. The zero-order chi connectivity index (χ0) is 17.1. The first-order chi connectivity index (χ1) is 9.81. The molecule has 9 heteroatoms. The molecule has 0 radical (unpaired) electrons. The molecule has 22 heavy (non-hydrogen) atoms. The minimum atomic E-state index is -3.67. The zero-order valence-electron chi connectivity index (χ0n) is 13.1. The number of ether oxygens (including phenoxy) is 2. The van der Waals surface area contributed by atoms with E-state index in [1.807, 2.05) is 0 Å². The van der Waals surface area contributed by atoms with Gasteiger partial charge in [-0.2, -0.15) is 0 Å². The minimum absolute atomic E-state index is 0.122. The normalized spacial score (nSPS) is 28.6. The molecule has 0 aliphatic carbocycles. The predicted octanol–water partition coefficient (Wildman–Crippen LogP) is -0.0372. The maximum Gasteiger partial charge on any atom is 0.333 e. The molecule has 2 saturated heterocycles. The first-order valence-electron chi connectivity index (χ1n) is 6.78. The van der Waals surface area contributed by atoms with Crippen LogP contribution in [-0.2, 0) is 33.7 Å². The van der Waals surface area contributed by atoms with Crippen LogP contribution in [0, 0.1) is 0 Å². The topological polar surface area (TPSA) is 107 Å². The van der Waals surface area contributed by atoms with Crippen molar-refractivity contribution >= 4 is 27.7 Å². The van der Waals surface area contributed by atoms with Gasteiger partial charge in [0.25, 0.3) is 5.79 Å². The van der Waals surface area contributed by atoms with Crippen molar-refractivity contribution in [2.24, 2.45) is 0 Å². The highest BCUT2D eigenvalue weighted by molar-refractivity contribution is 7.93. The molecule has 0 unspecified atom stereocenters. The van der Waals surface area contributed by atoms with Crippen molar-refractivity contribution in [2.45, 2.75) is 63.0 Å². The van der Waals surface area contributed by atoms with Gasteiger partial charge in [0, 0.05) is 20.8 Å². The standard InChI is InChI=1S/C13H19NO7S/c1-7(15)20-13(4,5)21-11(17)10-12(2,3)22(18,19)9-6-8(16)14(9)10/h9-10H,6H2,1-5H3/t9-,10+/m1/s1. The number of sulfone groups is 1. The third-order valence-electron chi connectivity index (χ3n) is 3.93. The molecule has 1 amide bonds. The van der Waals surface area contributed by atoms with Crippen molar-refractivity contribution in [3.8, 4) is 0 Å². The van der Waals surface area contributed by atoms with Crippen LogP contribution in [0.1, 0.15) is 41.0 Å². The van der Waals surface area contributed by atoms with Crippen molar-refractivity contribution in [3.63, 3.8) is 0 Å². The van der Waals surface area contributed by atoms with Gasteiger partial charge in [0.05, 0.1) is 11.2 Å². The molecule has 2 heterocycles. The molecular weight excluding hydrogens is 314 g/mol. The van der Waals surface area contributed by atoms with Crippen molar-refractivity contribution in [3.05, 3.63) is 0 Å². The lowest BCUT2D eigenvalue weighted by Gasteiger charge is -2.37. The average molecular weight is 333 g/mol. The molecule has 2 aliphatic rings. The Hall–Kier alpha value is -1.64. The molecule has 0 aromatic carbocycles. The van der Waals surface area contributed by atoms with Crippen LogP contribution in [0.4, 0.5) is 0 Å². The summed E-state index contributed by atoms with van der Waals surface area (Å²) in [5.41, 5.74) is 0. The highest BCUT2D eigenvalue weighted by Crippen LogP contribution is 2.46. The van der Waals surface area contributed by atoms with E-state index < -0.39 is 49.6 Å². The second-order valence-electron chi connectivity index (χ2n) is 6.43. The Balaban J connectivity index is 2.29. The fourth-order valence-corrected chi connectivity index (χ4v) is 5.00. The smallest absolute Gasteiger partial charge is 0.333 e. The SMILES string of the molecule is CC(=O)OC(C)(C)OC(=O)[C@@H]1N2C(=O)C[C@H]2S(=O)(=O)C1(C)C. The van der Waals surface area contributed by atoms with Crippen LogP contribution in [0.25, 0.3) is 0 Å². The quantitative estimate of drug-likeness (QED) is 0.405. The number of β-lactam (4-membered cyclic amide) rings is 1. The lowest BCUT2D eigenvalue weighted by molar-refractivity contribution is -0.219. The molecule has 124 valence electrons. The van der Waals surface area contributed by atoms with Crippen LogP contribution in [0.5, 0.6) is 0 Å². The molecular formula is C13H19NO7S. The van der Waals surface area contributed by atoms with Gasteiger partial charge in [-0.1, -0.05) is 0 Å². The van der Waals surface area contributed by atoms with Crippen LogP contribution < -0.4 is 0 Å². The molecule has 0 saturated carbocycles. The van der Waals surface area contributed by atoms with Crippen LogP contribution in [0.15, 0.2) is 0 Å². The Labute approximate surface area is 128 Å². The number of nitrogens with zero attached hydrogens (tertiary/aromatic N) is 1. The van der Waals surface area contributed by atoms with E-state index >= 15 is 0 Å². The number of carbonyl (C=O) groups excluding carboxylic acids is 3. The van der Waals surface area contributed by atoms with Crippen molar-refractivity contribution < 1.29 is 32.3 Å². The highest BCUT2D eigenvalue weighted by atomic mass is 32.2. The first kappa shape index (κ1) is 16.7. The van der Waals surface area contributed by atoms with Gasteiger partial charge >= 0.3 is 11.9 Å². The fraction of sp³-hybridized carbons (Fsp3) is 0.769. The third kappa shape index (κ3) is 2.27. The third-order valence-corrected chi connectivity index (χ3v) is 6.73. The molecule has 2 aliphatic heterocycles. The molecule has 8 nitrogen and oxygen atoms in total. The van der Waals surface area contributed by atoms with Gasteiger partial charge in [0.15, 0.2) is 9.84 Å². The van der Waals surface area contributed by atoms with Gasteiger partial charge in [-0.05, 0) is 13.8 Å². The lowest BCUT2D eigenvalue weighted by atomic mass is 9.98. The van der Waals surface area contributed by atoms with E-state index in [-0.39, 0.29) is 6.42 Å². The number of hydrogen-bond acceptors (Lipinski definition) is 7. The van der Waals surface area contributed by atoms with Crippen molar-refractivity contribution in [2.75, 3.05) is 0 Å². The molecule has 0 N–H and O–H groups in total. The van der Waals surface area contributed by atoms with E-state index in [0.29, 0.717) is 0 Å². The molecule has 0 aromatic heterocycles. The van der Waals surface area contributed by atoms with Gasteiger partial charge in [-0.3, -0.25) is 9.59 Å². The average Bonchev–Trinajstić information content (AvgIpc) is 2.40. The summed E-state index contributed by atoms with van der Waals surface area (Å²) < 4.78 is 33.3.